The highest BCUT2D eigenvalue weighted by molar-refractivity contribution is 7.80. The summed E-state index contributed by atoms with van der Waals surface area (Å²) in [4.78, 5) is 13.3. The van der Waals surface area contributed by atoms with Gasteiger partial charge in [-0.25, -0.2) is 4.39 Å². The topological polar surface area (TPSA) is 29.5 Å². The average molecular weight is 255 g/mol. The first-order chi connectivity index (χ1) is 8.15. The third kappa shape index (κ3) is 2.39. The van der Waals surface area contributed by atoms with Crippen LogP contribution in [0, 0.1) is 11.7 Å². The monoisotopic (exact) mass is 255 g/mol. The van der Waals surface area contributed by atoms with Crippen LogP contribution in [0.3, 0.4) is 0 Å². The number of hydrogen-bond acceptors (Lipinski definition) is 3. The van der Waals surface area contributed by atoms with Gasteiger partial charge in [0.05, 0.1) is 12.8 Å². The third-order valence-electron chi connectivity index (χ3n) is 2.91. The first kappa shape index (κ1) is 12.2. The van der Waals surface area contributed by atoms with E-state index in [1.54, 1.807) is 6.07 Å². The number of anilines is 1. The molecule has 2 rings (SSSR count). The standard InChI is InChI=1S/C12H14FNO2S/c1-16-9-2-3-10(13)11(5-9)14-6-8(7-17)4-12(14)15/h2-3,5,8,17H,4,6-7H2,1H3. The summed E-state index contributed by atoms with van der Waals surface area (Å²) >= 11 is 4.18. The van der Waals surface area contributed by atoms with Crippen LogP contribution in [-0.2, 0) is 4.79 Å². The Kier molecular flexibility index (Phi) is 3.57. The Morgan fingerprint density at radius 2 is 2.35 bits per heavy atom. The zero-order valence-corrected chi connectivity index (χ0v) is 10.4. The fourth-order valence-electron chi connectivity index (χ4n) is 1.96. The SMILES string of the molecule is COc1ccc(F)c(N2CC(CS)CC2=O)c1. The summed E-state index contributed by atoms with van der Waals surface area (Å²) in [5.74, 6) is 0.906. The van der Waals surface area contributed by atoms with Crippen LogP contribution in [0.4, 0.5) is 10.1 Å². The zero-order chi connectivity index (χ0) is 12.4. The number of nitrogens with zero attached hydrogens (tertiary/aromatic N) is 1. The van der Waals surface area contributed by atoms with Gasteiger partial charge < -0.3 is 9.64 Å². The maximum absolute atomic E-state index is 13.7. The maximum atomic E-state index is 13.7. The number of amides is 1. The number of carbonyl (C=O) groups excluding carboxylic acids is 1. The number of benzene rings is 1. The van der Waals surface area contributed by atoms with Gasteiger partial charge in [0, 0.05) is 19.0 Å². The Hall–Kier alpha value is -1.23. The first-order valence-corrected chi connectivity index (χ1v) is 6.03. The fourth-order valence-corrected chi connectivity index (χ4v) is 2.21. The number of ether oxygens (including phenoxy) is 1. The van der Waals surface area contributed by atoms with Gasteiger partial charge in [0.2, 0.25) is 5.91 Å². The summed E-state index contributed by atoms with van der Waals surface area (Å²) in [5, 5.41) is 0. The molecule has 3 nitrogen and oxygen atoms in total. The Bertz CT molecular complexity index is 439. The van der Waals surface area contributed by atoms with Crippen molar-refractivity contribution < 1.29 is 13.9 Å². The van der Waals surface area contributed by atoms with E-state index in [0.29, 0.717) is 30.2 Å². The van der Waals surface area contributed by atoms with Crippen LogP contribution in [0.2, 0.25) is 0 Å². The lowest BCUT2D eigenvalue weighted by molar-refractivity contribution is -0.117. The first-order valence-electron chi connectivity index (χ1n) is 5.40. The van der Waals surface area contributed by atoms with E-state index in [4.69, 9.17) is 4.74 Å². The molecule has 1 aliphatic heterocycles. The van der Waals surface area contributed by atoms with Crippen molar-refractivity contribution in [1.82, 2.24) is 0 Å². The second-order valence-corrected chi connectivity index (χ2v) is 4.44. The van der Waals surface area contributed by atoms with Gasteiger partial charge in [-0.05, 0) is 23.8 Å². The largest absolute Gasteiger partial charge is 0.497 e. The molecule has 1 amide bonds. The summed E-state index contributed by atoms with van der Waals surface area (Å²) in [6.45, 7) is 0.520. The van der Waals surface area contributed by atoms with Crippen LogP contribution in [0.1, 0.15) is 6.42 Å². The van der Waals surface area contributed by atoms with Crippen LogP contribution < -0.4 is 9.64 Å². The Balaban J connectivity index is 2.30. The van der Waals surface area contributed by atoms with Crippen molar-refractivity contribution >= 4 is 24.2 Å². The smallest absolute Gasteiger partial charge is 0.227 e. The van der Waals surface area contributed by atoms with E-state index in [1.807, 2.05) is 0 Å². The number of methoxy groups -OCH3 is 1. The molecule has 0 bridgehead atoms. The second-order valence-electron chi connectivity index (χ2n) is 4.07. The summed E-state index contributed by atoms with van der Waals surface area (Å²) in [6.07, 6.45) is 0.431. The highest BCUT2D eigenvalue weighted by Crippen LogP contribution is 2.30. The fraction of sp³-hybridized carbons (Fsp3) is 0.417. The molecular formula is C12H14FNO2S. The van der Waals surface area contributed by atoms with Gasteiger partial charge in [0.1, 0.15) is 11.6 Å². The molecule has 17 heavy (non-hydrogen) atoms. The van der Waals surface area contributed by atoms with Crippen LogP contribution in [0.25, 0.3) is 0 Å². The molecular weight excluding hydrogens is 241 g/mol. The quantitative estimate of drug-likeness (QED) is 0.838. The number of hydrogen-bond donors (Lipinski definition) is 1. The summed E-state index contributed by atoms with van der Waals surface area (Å²) in [7, 11) is 1.51. The average Bonchev–Trinajstić information content (AvgIpc) is 2.71. The van der Waals surface area contributed by atoms with E-state index in [2.05, 4.69) is 12.6 Å². The molecule has 1 heterocycles. The summed E-state index contributed by atoms with van der Waals surface area (Å²) < 4.78 is 18.7. The molecule has 1 aliphatic rings. The summed E-state index contributed by atoms with van der Waals surface area (Å²) in [5.41, 5.74) is 0.290. The number of rotatable bonds is 3. The van der Waals surface area contributed by atoms with E-state index < -0.39 is 5.82 Å². The van der Waals surface area contributed by atoms with Crippen LogP contribution >= 0.6 is 12.6 Å². The van der Waals surface area contributed by atoms with Crippen LogP contribution in [0.5, 0.6) is 5.75 Å². The van der Waals surface area contributed by atoms with E-state index in [0.717, 1.165) is 0 Å². The van der Waals surface area contributed by atoms with Gasteiger partial charge in [-0.15, -0.1) is 0 Å². The zero-order valence-electron chi connectivity index (χ0n) is 9.52. The lowest BCUT2D eigenvalue weighted by Crippen LogP contribution is -2.25. The highest BCUT2D eigenvalue weighted by Gasteiger charge is 2.31. The van der Waals surface area contributed by atoms with Crippen molar-refractivity contribution in [2.45, 2.75) is 6.42 Å². The van der Waals surface area contributed by atoms with Gasteiger partial charge in [0.15, 0.2) is 0 Å². The molecule has 1 atom stereocenters. The van der Waals surface area contributed by atoms with E-state index in [1.165, 1.54) is 24.1 Å². The van der Waals surface area contributed by atoms with Crippen molar-refractivity contribution in [3.8, 4) is 5.75 Å². The number of thiol groups is 1. The Morgan fingerprint density at radius 3 is 2.94 bits per heavy atom. The van der Waals surface area contributed by atoms with Gasteiger partial charge in [-0.2, -0.15) is 12.6 Å². The third-order valence-corrected chi connectivity index (χ3v) is 3.42. The minimum atomic E-state index is -0.404. The molecule has 1 aromatic rings. The van der Waals surface area contributed by atoms with E-state index >= 15 is 0 Å². The molecule has 1 fully saturated rings. The molecule has 1 aromatic carbocycles. The second kappa shape index (κ2) is 4.96. The highest BCUT2D eigenvalue weighted by atomic mass is 32.1. The normalized spacial score (nSPS) is 19.8. The number of carbonyl (C=O) groups is 1. The predicted octanol–water partition coefficient (Wildman–Crippen LogP) is 2.12. The van der Waals surface area contributed by atoms with Crippen LogP contribution in [-0.4, -0.2) is 25.3 Å². The van der Waals surface area contributed by atoms with Crippen molar-refractivity contribution in [2.75, 3.05) is 24.3 Å². The minimum Gasteiger partial charge on any atom is -0.497 e. The molecule has 0 aromatic heterocycles. The van der Waals surface area contributed by atoms with Gasteiger partial charge in [-0.3, -0.25) is 4.79 Å². The van der Waals surface area contributed by atoms with Gasteiger partial charge >= 0.3 is 0 Å². The molecule has 0 spiro atoms. The molecule has 0 N–H and O–H groups in total. The predicted molar refractivity (Wildman–Crippen MR) is 67.3 cm³/mol. The van der Waals surface area contributed by atoms with Gasteiger partial charge in [0.25, 0.3) is 0 Å². The molecule has 0 saturated carbocycles. The minimum absolute atomic E-state index is 0.0591. The lowest BCUT2D eigenvalue weighted by atomic mass is 10.1. The van der Waals surface area contributed by atoms with Crippen molar-refractivity contribution in [2.24, 2.45) is 5.92 Å². The molecule has 0 aliphatic carbocycles. The van der Waals surface area contributed by atoms with E-state index in [9.17, 15) is 9.18 Å². The van der Waals surface area contributed by atoms with Crippen molar-refractivity contribution in [3.63, 3.8) is 0 Å². The molecule has 1 unspecified atom stereocenters. The Morgan fingerprint density at radius 1 is 1.59 bits per heavy atom. The van der Waals surface area contributed by atoms with Crippen LogP contribution in [0.15, 0.2) is 18.2 Å². The molecule has 5 heteroatoms. The molecule has 92 valence electrons. The van der Waals surface area contributed by atoms with E-state index in [-0.39, 0.29) is 11.8 Å². The van der Waals surface area contributed by atoms with Gasteiger partial charge in [-0.1, -0.05) is 0 Å². The summed E-state index contributed by atoms with van der Waals surface area (Å²) in [6, 6.07) is 4.40. The Labute approximate surface area is 105 Å². The number of halogens is 1. The molecule has 1 saturated heterocycles. The lowest BCUT2D eigenvalue weighted by Gasteiger charge is -2.18. The van der Waals surface area contributed by atoms with Crippen molar-refractivity contribution in [1.29, 1.82) is 0 Å². The van der Waals surface area contributed by atoms with Crippen molar-refractivity contribution in [3.05, 3.63) is 24.0 Å². The maximum Gasteiger partial charge on any atom is 0.227 e. The molecule has 0 radical (unpaired) electrons.